The summed E-state index contributed by atoms with van der Waals surface area (Å²) in [7, 11) is 0. The van der Waals surface area contributed by atoms with Crippen LogP contribution in [-0.4, -0.2) is 22.4 Å². The second-order valence-corrected chi connectivity index (χ2v) is 4.54. The molecule has 0 aromatic carbocycles. The molecule has 1 aliphatic rings. The third-order valence-corrected chi connectivity index (χ3v) is 3.27. The van der Waals surface area contributed by atoms with Gasteiger partial charge in [0.05, 0.1) is 12.2 Å². The van der Waals surface area contributed by atoms with Gasteiger partial charge < -0.3 is 14.4 Å². The van der Waals surface area contributed by atoms with Crippen molar-refractivity contribution >= 4 is 0 Å². The van der Waals surface area contributed by atoms with Crippen molar-refractivity contribution in [2.75, 3.05) is 6.61 Å². The number of fused-ring (bicyclic) bond motifs is 1. The number of aromatic nitrogens is 1. The van der Waals surface area contributed by atoms with Gasteiger partial charge in [-0.1, -0.05) is 0 Å². The average molecular weight is 223 g/mol. The Kier molecular flexibility index (Phi) is 3.66. The summed E-state index contributed by atoms with van der Waals surface area (Å²) in [4.78, 5) is 0. The van der Waals surface area contributed by atoms with Crippen molar-refractivity contribution in [3.05, 3.63) is 23.5 Å². The van der Waals surface area contributed by atoms with Crippen molar-refractivity contribution in [2.45, 2.75) is 51.9 Å². The fourth-order valence-electron chi connectivity index (χ4n) is 2.52. The molecule has 0 aliphatic heterocycles. The van der Waals surface area contributed by atoms with Crippen molar-refractivity contribution in [1.29, 1.82) is 0 Å². The lowest BCUT2D eigenvalue weighted by atomic mass is 9.95. The van der Waals surface area contributed by atoms with Gasteiger partial charge in [0.1, 0.15) is 0 Å². The van der Waals surface area contributed by atoms with E-state index in [2.05, 4.69) is 23.8 Å². The lowest BCUT2D eigenvalue weighted by Gasteiger charge is -2.21. The van der Waals surface area contributed by atoms with E-state index in [1.807, 2.05) is 6.92 Å². The van der Waals surface area contributed by atoms with Gasteiger partial charge in [0.15, 0.2) is 0 Å². The molecule has 2 unspecified atom stereocenters. The van der Waals surface area contributed by atoms with Crippen molar-refractivity contribution in [3.8, 4) is 0 Å². The van der Waals surface area contributed by atoms with Gasteiger partial charge in [-0.15, -0.1) is 0 Å². The summed E-state index contributed by atoms with van der Waals surface area (Å²) in [6.45, 7) is 5.75. The summed E-state index contributed by atoms with van der Waals surface area (Å²) in [5.74, 6) is 0. The van der Waals surface area contributed by atoms with Crippen LogP contribution in [0.15, 0.2) is 12.3 Å². The standard InChI is InChI=1S/C13H21NO2/c1-3-16-10(2)9-14-8-7-11-12(14)5-4-6-13(11)15/h7-8,10,13,15H,3-6,9H2,1-2H3. The van der Waals surface area contributed by atoms with Crippen LogP contribution in [0.1, 0.15) is 44.1 Å². The van der Waals surface area contributed by atoms with Crippen LogP contribution in [0, 0.1) is 0 Å². The Morgan fingerprint density at radius 2 is 2.44 bits per heavy atom. The third-order valence-electron chi connectivity index (χ3n) is 3.27. The highest BCUT2D eigenvalue weighted by atomic mass is 16.5. The molecule has 90 valence electrons. The highest BCUT2D eigenvalue weighted by molar-refractivity contribution is 5.27. The van der Waals surface area contributed by atoms with Gasteiger partial charge in [-0.25, -0.2) is 0 Å². The summed E-state index contributed by atoms with van der Waals surface area (Å²) in [5, 5.41) is 9.87. The quantitative estimate of drug-likeness (QED) is 0.849. The van der Waals surface area contributed by atoms with Gasteiger partial charge in [0, 0.05) is 30.6 Å². The van der Waals surface area contributed by atoms with E-state index in [-0.39, 0.29) is 12.2 Å². The largest absolute Gasteiger partial charge is 0.388 e. The number of nitrogens with zero attached hydrogens (tertiary/aromatic N) is 1. The first-order valence-corrected chi connectivity index (χ1v) is 6.20. The number of aliphatic hydroxyl groups is 1. The zero-order valence-corrected chi connectivity index (χ0v) is 10.1. The molecule has 3 nitrogen and oxygen atoms in total. The smallest absolute Gasteiger partial charge is 0.0807 e. The van der Waals surface area contributed by atoms with E-state index in [0.717, 1.165) is 38.0 Å². The van der Waals surface area contributed by atoms with Gasteiger partial charge in [-0.05, 0) is 39.2 Å². The molecule has 0 saturated carbocycles. The van der Waals surface area contributed by atoms with Gasteiger partial charge in [0.25, 0.3) is 0 Å². The first-order chi connectivity index (χ1) is 7.72. The number of hydrogen-bond acceptors (Lipinski definition) is 2. The lowest BCUT2D eigenvalue weighted by Crippen LogP contribution is -2.19. The Balaban J connectivity index is 2.11. The molecule has 0 radical (unpaired) electrons. The Bertz CT molecular complexity index is 346. The lowest BCUT2D eigenvalue weighted by molar-refractivity contribution is 0.0631. The second-order valence-electron chi connectivity index (χ2n) is 4.54. The van der Waals surface area contributed by atoms with Crippen LogP contribution in [0.5, 0.6) is 0 Å². The van der Waals surface area contributed by atoms with Crippen molar-refractivity contribution < 1.29 is 9.84 Å². The first kappa shape index (κ1) is 11.7. The van der Waals surface area contributed by atoms with Gasteiger partial charge in [-0.3, -0.25) is 0 Å². The summed E-state index contributed by atoms with van der Waals surface area (Å²) >= 11 is 0. The van der Waals surface area contributed by atoms with E-state index in [1.54, 1.807) is 0 Å². The predicted molar refractivity (Wildman–Crippen MR) is 63.4 cm³/mol. The molecule has 0 fully saturated rings. The van der Waals surface area contributed by atoms with Crippen LogP contribution in [0.4, 0.5) is 0 Å². The van der Waals surface area contributed by atoms with Crippen LogP contribution in [-0.2, 0) is 17.7 Å². The summed E-state index contributed by atoms with van der Waals surface area (Å²) < 4.78 is 7.78. The van der Waals surface area contributed by atoms with Gasteiger partial charge >= 0.3 is 0 Å². The van der Waals surface area contributed by atoms with E-state index in [0.29, 0.717) is 0 Å². The fourth-order valence-corrected chi connectivity index (χ4v) is 2.52. The molecule has 16 heavy (non-hydrogen) atoms. The molecule has 1 aromatic rings. The molecule has 1 heterocycles. The predicted octanol–water partition coefficient (Wildman–Crippen LogP) is 2.28. The van der Waals surface area contributed by atoms with Crippen LogP contribution in [0.2, 0.25) is 0 Å². The topological polar surface area (TPSA) is 34.4 Å². The van der Waals surface area contributed by atoms with E-state index < -0.39 is 0 Å². The molecular weight excluding hydrogens is 202 g/mol. The number of rotatable bonds is 4. The first-order valence-electron chi connectivity index (χ1n) is 6.20. The van der Waals surface area contributed by atoms with Crippen molar-refractivity contribution in [2.24, 2.45) is 0 Å². The van der Waals surface area contributed by atoms with Gasteiger partial charge in [-0.2, -0.15) is 0 Å². The average Bonchev–Trinajstić information content (AvgIpc) is 2.64. The Morgan fingerprint density at radius 1 is 1.62 bits per heavy atom. The maximum absolute atomic E-state index is 9.87. The summed E-state index contributed by atoms with van der Waals surface area (Å²) in [5.41, 5.74) is 2.42. The zero-order valence-electron chi connectivity index (χ0n) is 10.1. The van der Waals surface area contributed by atoms with Crippen LogP contribution in [0.25, 0.3) is 0 Å². The molecule has 0 bridgehead atoms. The number of hydrogen-bond donors (Lipinski definition) is 1. The zero-order chi connectivity index (χ0) is 11.5. The van der Waals surface area contributed by atoms with E-state index in [9.17, 15) is 5.11 Å². The molecule has 3 heteroatoms. The Hall–Kier alpha value is -0.800. The van der Waals surface area contributed by atoms with Gasteiger partial charge in [0.2, 0.25) is 0 Å². The minimum absolute atomic E-state index is 0.237. The Labute approximate surface area is 97.0 Å². The molecule has 1 aromatic heterocycles. The fraction of sp³-hybridized carbons (Fsp3) is 0.692. The second kappa shape index (κ2) is 5.02. The van der Waals surface area contributed by atoms with Crippen molar-refractivity contribution in [3.63, 3.8) is 0 Å². The van der Waals surface area contributed by atoms with E-state index in [1.165, 1.54) is 5.69 Å². The molecule has 0 amide bonds. The SMILES string of the molecule is CCOC(C)Cn1ccc2c1CCCC2O. The molecule has 1 N–H and O–H groups in total. The third kappa shape index (κ3) is 2.30. The van der Waals surface area contributed by atoms with E-state index >= 15 is 0 Å². The highest BCUT2D eigenvalue weighted by Gasteiger charge is 2.21. The molecule has 2 rings (SSSR count). The van der Waals surface area contributed by atoms with E-state index in [4.69, 9.17) is 4.74 Å². The Morgan fingerprint density at radius 3 is 3.19 bits per heavy atom. The monoisotopic (exact) mass is 223 g/mol. The summed E-state index contributed by atoms with van der Waals surface area (Å²) in [6, 6.07) is 2.05. The molecule has 2 atom stereocenters. The van der Waals surface area contributed by atoms with Crippen LogP contribution >= 0.6 is 0 Å². The number of aliphatic hydroxyl groups excluding tert-OH is 1. The minimum atomic E-state index is -0.257. The van der Waals surface area contributed by atoms with Crippen molar-refractivity contribution in [1.82, 2.24) is 4.57 Å². The normalized spacial score (nSPS) is 21.8. The minimum Gasteiger partial charge on any atom is -0.388 e. The molecule has 1 aliphatic carbocycles. The maximum Gasteiger partial charge on any atom is 0.0807 e. The summed E-state index contributed by atoms with van der Waals surface area (Å²) in [6.07, 6.45) is 5.12. The molecular formula is C13H21NO2. The van der Waals surface area contributed by atoms with Crippen LogP contribution < -0.4 is 0 Å². The molecule has 0 saturated heterocycles. The number of ether oxygens (including phenoxy) is 1. The molecule has 0 spiro atoms. The van der Waals surface area contributed by atoms with Crippen LogP contribution in [0.3, 0.4) is 0 Å². The highest BCUT2D eigenvalue weighted by Crippen LogP contribution is 2.30. The maximum atomic E-state index is 9.87.